The summed E-state index contributed by atoms with van der Waals surface area (Å²) in [6, 6.07) is 0. The molecule has 7 heavy (non-hydrogen) atoms. The van der Waals surface area contributed by atoms with Gasteiger partial charge >= 0.3 is 27.3 Å². The maximum absolute atomic E-state index is 3.86. The van der Waals surface area contributed by atoms with E-state index >= 15 is 0 Å². The molecule has 1 aromatic heterocycles. The Balaban J connectivity index is 0.000000360. The number of H-pyrrole nitrogens is 1. The van der Waals surface area contributed by atoms with Gasteiger partial charge in [-0.3, -0.25) is 0 Å². The number of hydrogen-bond acceptors (Lipinski definition) is 1. The molecule has 0 saturated carbocycles. The van der Waals surface area contributed by atoms with Gasteiger partial charge in [0.05, 0.1) is 0 Å². The molecule has 0 aliphatic carbocycles. The van der Waals surface area contributed by atoms with Crippen LogP contribution in [0.3, 0.4) is 0 Å². The summed E-state index contributed by atoms with van der Waals surface area (Å²) in [4.78, 5) is 6.75. The van der Waals surface area contributed by atoms with Gasteiger partial charge in [-0.05, 0) is 6.92 Å². The third kappa shape index (κ3) is 2.06. The summed E-state index contributed by atoms with van der Waals surface area (Å²) in [5, 5.41) is 0. The van der Waals surface area contributed by atoms with Crippen LogP contribution in [0.25, 0.3) is 0 Å². The third-order valence-electron chi connectivity index (χ3n) is 0.635. The molecule has 0 aliphatic heterocycles. The Morgan fingerprint density at radius 2 is 2.43 bits per heavy atom. The summed E-state index contributed by atoms with van der Waals surface area (Å²) in [6.45, 7) is 1.92. The zero-order valence-corrected chi connectivity index (χ0v) is 9.81. The summed E-state index contributed by atoms with van der Waals surface area (Å²) in [7, 11) is 0. The Morgan fingerprint density at radius 3 is 2.57 bits per heavy atom. The second-order valence-corrected chi connectivity index (χ2v) is 1.17. The van der Waals surface area contributed by atoms with Gasteiger partial charge in [-0.15, -0.1) is 0 Å². The fourth-order valence-electron chi connectivity index (χ4n) is 0.344. The first kappa shape index (κ1) is 7.13. The molecule has 0 saturated heterocycles. The quantitative estimate of drug-likeness (QED) is 0.659. The SMILES string of the molecule is Cc1ncc[nH]1.[PbH2]. The molecule has 2 nitrogen and oxygen atoms in total. The Kier molecular flexibility index (Phi) is 3.24. The van der Waals surface area contributed by atoms with Crippen molar-refractivity contribution < 1.29 is 0 Å². The van der Waals surface area contributed by atoms with Crippen LogP contribution < -0.4 is 0 Å². The Bertz CT molecular complexity index is 113. The number of aromatic amines is 1. The van der Waals surface area contributed by atoms with E-state index in [1.54, 1.807) is 12.4 Å². The van der Waals surface area contributed by atoms with Crippen LogP contribution >= 0.6 is 0 Å². The van der Waals surface area contributed by atoms with Crippen LogP contribution in [0.15, 0.2) is 12.4 Å². The van der Waals surface area contributed by atoms with Crippen LogP contribution in [0, 0.1) is 6.92 Å². The average molecular weight is 291 g/mol. The van der Waals surface area contributed by atoms with Gasteiger partial charge in [0.1, 0.15) is 5.82 Å². The van der Waals surface area contributed by atoms with Gasteiger partial charge in [0.25, 0.3) is 0 Å². The number of hydrogen-bond donors (Lipinski definition) is 1. The first-order valence-corrected chi connectivity index (χ1v) is 1.85. The Labute approximate surface area is 62.5 Å². The number of aromatic nitrogens is 2. The van der Waals surface area contributed by atoms with E-state index in [-0.39, 0.29) is 27.3 Å². The molecule has 1 N–H and O–H groups in total. The van der Waals surface area contributed by atoms with Crippen molar-refractivity contribution in [2.24, 2.45) is 0 Å². The molecular formula is C4H8N2Pb. The second-order valence-electron chi connectivity index (χ2n) is 1.17. The van der Waals surface area contributed by atoms with E-state index < -0.39 is 0 Å². The fraction of sp³-hybridized carbons (Fsp3) is 0.250. The van der Waals surface area contributed by atoms with Crippen molar-refractivity contribution >= 4 is 27.3 Å². The number of nitrogens with one attached hydrogen (secondary N) is 1. The number of imidazole rings is 1. The first-order chi connectivity index (χ1) is 2.89. The topological polar surface area (TPSA) is 28.7 Å². The van der Waals surface area contributed by atoms with E-state index in [9.17, 15) is 0 Å². The molecule has 0 bridgehead atoms. The van der Waals surface area contributed by atoms with Crippen molar-refractivity contribution in [2.45, 2.75) is 6.92 Å². The molecule has 0 atom stereocenters. The van der Waals surface area contributed by atoms with Gasteiger partial charge in [-0.1, -0.05) is 0 Å². The monoisotopic (exact) mass is 292 g/mol. The average Bonchev–Trinajstić information content (AvgIpc) is 1.86. The van der Waals surface area contributed by atoms with Crippen molar-refractivity contribution in [2.75, 3.05) is 0 Å². The number of nitrogens with zero attached hydrogens (tertiary/aromatic N) is 1. The van der Waals surface area contributed by atoms with E-state index in [1.165, 1.54) is 0 Å². The van der Waals surface area contributed by atoms with Crippen LogP contribution in [0.1, 0.15) is 5.82 Å². The molecule has 1 heterocycles. The molecule has 0 amide bonds. The van der Waals surface area contributed by atoms with Gasteiger partial charge in [0.2, 0.25) is 0 Å². The van der Waals surface area contributed by atoms with Crippen molar-refractivity contribution in [1.29, 1.82) is 0 Å². The van der Waals surface area contributed by atoms with E-state index in [4.69, 9.17) is 0 Å². The van der Waals surface area contributed by atoms with Gasteiger partial charge in [-0.2, -0.15) is 0 Å². The molecule has 1 aromatic rings. The van der Waals surface area contributed by atoms with Crippen molar-refractivity contribution in [3.8, 4) is 0 Å². The molecule has 1 rings (SSSR count). The van der Waals surface area contributed by atoms with E-state index in [0.717, 1.165) is 5.82 Å². The summed E-state index contributed by atoms with van der Waals surface area (Å²) in [5.74, 6) is 0.968. The summed E-state index contributed by atoms with van der Waals surface area (Å²) < 4.78 is 0. The molecule has 0 aliphatic rings. The predicted molar refractivity (Wildman–Crippen MR) is 31.9 cm³/mol. The molecule has 0 aromatic carbocycles. The maximum atomic E-state index is 3.86. The van der Waals surface area contributed by atoms with Crippen molar-refractivity contribution in [3.05, 3.63) is 18.2 Å². The molecule has 2 radical (unpaired) electrons. The van der Waals surface area contributed by atoms with Crippen molar-refractivity contribution in [1.82, 2.24) is 9.97 Å². The zero-order chi connectivity index (χ0) is 4.41. The standard InChI is InChI=1S/C4H6N2.Pb.2H/c1-4-5-2-3-6-4;;;/h2-3H,1H3,(H,5,6);;;. The van der Waals surface area contributed by atoms with E-state index in [1.807, 2.05) is 6.92 Å². The third-order valence-corrected chi connectivity index (χ3v) is 0.635. The van der Waals surface area contributed by atoms with Crippen LogP contribution in [0.5, 0.6) is 0 Å². The van der Waals surface area contributed by atoms with Crippen LogP contribution in [0.4, 0.5) is 0 Å². The van der Waals surface area contributed by atoms with E-state index in [2.05, 4.69) is 9.97 Å². The number of rotatable bonds is 0. The minimum absolute atomic E-state index is 0. The molecule has 0 spiro atoms. The predicted octanol–water partition coefficient (Wildman–Crippen LogP) is -0.198. The normalized spacial score (nSPS) is 7.57. The number of aryl methyl sites for hydroxylation is 1. The van der Waals surface area contributed by atoms with Gasteiger partial charge < -0.3 is 4.98 Å². The van der Waals surface area contributed by atoms with Crippen LogP contribution in [0.2, 0.25) is 0 Å². The summed E-state index contributed by atoms with van der Waals surface area (Å²) in [6.07, 6.45) is 3.53. The van der Waals surface area contributed by atoms with Gasteiger partial charge in [-0.25, -0.2) is 4.98 Å². The summed E-state index contributed by atoms with van der Waals surface area (Å²) in [5.41, 5.74) is 0. The molecule has 0 fully saturated rings. The molecule has 38 valence electrons. The summed E-state index contributed by atoms with van der Waals surface area (Å²) >= 11 is 0. The molecular weight excluding hydrogens is 283 g/mol. The molecule has 3 heteroatoms. The fourth-order valence-corrected chi connectivity index (χ4v) is 0.344. The Morgan fingerprint density at radius 1 is 1.71 bits per heavy atom. The van der Waals surface area contributed by atoms with Gasteiger partial charge in [0, 0.05) is 12.4 Å². The zero-order valence-electron chi connectivity index (χ0n) is 4.31. The van der Waals surface area contributed by atoms with Crippen molar-refractivity contribution in [3.63, 3.8) is 0 Å². The second kappa shape index (κ2) is 3.18. The Hall–Kier alpha value is 0.132. The minimum atomic E-state index is 0. The van der Waals surface area contributed by atoms with E-state index in [0.29, 0.717) is 0 Å². The van der Waals surface area contributed by atoms with Gasteiger partial charge in [0.15, 0.2) is 0 Å². The van der Waals surface area contributed by atoms with Crippen LogP contribution in [-0.4, -0.2) is 37.3 Å². The first-order valence-electron chi connectivity index (χ1n) is 1.85. The van der Waals surface area contributed by atoms with Crippen LogP contribution in [-0.2, 0) is 0 Å². The molecule has 0 unspecified atom stereocenters.